The Morgan fingerprint density at radius 2 is 1.67 bits per heavy atom. The molecule has 0 fully saturated rings. The lowest BCUT2D eigenvalue weighted by molar-refractivity contribution is -0.945. The number of ether oxygens (including phenoxy) is 4. The third-order valence-corrected chi connectivity index (χ3v) is 6.65. The quantitative estimate of drug-likeness (QED) is 0.397. The van der Waals surface area contributed by atoms with Crippen molar-refractivity contribution in [3.8, 4) is 34.1 Å². The highest BCUT2D eigenvalue weighted by Crippen LogP contribution is 2.39. The molecule has 7 nitrogen and oxygen atoms in total. The number of nitrogens with one attached hydrogen (secondary N) is 1. The van der Waals surface area contributed by atoms with Gasteiger partial charge < -0.3 is 23.4 Å². The molecule has 0 saturated carbocycles. The number of fused-ring (bicyclic) bond motifs is 3. The number of aryl methyl sites for hydroxylation is 1. The number of rotatable bonds is 7. The van der Waals surface area contributed by atoms with E-state index in [0.717, 1.165) is 45.4 Å². The third kappa shape index (κ3) is 4.27. The zero-order valence-corrected chi connectivity index (χ0v) is 21.0. The highest BCUT2D eigenvalue weighted by molar-refractivity contribution is 5.96. The van der Waals surface area contributed by atoms with Crippen molar-refractivity contribution in [2.24, 2.45) is 0 Å². The molecule has 1 N–H and O–H groups in total. The normalized spacial score (nSPS) is 14.7. The molecule has 2 heterocycles. The maximum atomic E-state index is 12.6. The predicted octanol–water partition coefficient (Wildman–Crippen LogP) is 3.98. The predicted molar refractivity (Wildman–Crippen MR) is 137 cm³/mol. The minimum Gasteiger partial charge on any atom is -0.493 e. The molecular weight excluding hydrogens is 458 g/mol. The minimum atomic E-state index is -0.371. The zero-order valence-electron chi connectivity index (χ0n) is 21.0. The van der Waals surface area contributed by atoms with Gasteiger partial charge in [-0.15, -0.1) is 0 Å². The van der Waals surface area contributed by atoms with E-state index < -0.39 is 0 Å². The Morgan fingerprint density at radius 3 is 2.31 bits per heavy atom. The molecule has 186 valence electrons. The van der Waals surface area contributed by atoms with Crippen LogP contribution in [0.25, 0.3) is 22.1 Å². The molecule has 0 radical (unpaired) electrons. The number of methoxy groups -OCH3 is 3. The van der Waals surface area contributed by atoms with Gasteiger partial charge in [0.1, 0.15) is 18.8 Å². The van der Waals surface area contributed by atoms with Gasteiger partial charge in [0.2, 0.25) is 12.5 Å². The molecule has 0 saturated heterocycles. The van der Waals surface area contributed by atoms with E-state index in [1.54, 1.807) is 27.4 Å². The van der Waals surface area contributed by atoms with Gasteiger partial charge in [-0.3, -0.25) is 4.90 Å². The van der Waals surface area contributed by atoms with E-state index in [4.69, 9.17) is 23.4 Å². The van der Waals surface area contributed by atoms with Gasteiger partial charge in [-0.2, -0.15) is 0 Å². The summed E-state index contributed by atoms with van der Waals surface area (Å²) in [5.74, 6) is 2.61. The average Bonchev–Trinajstić information content (AvgIpc) is 2.92. The van der Waals surface area contributed by atoms with Crippen LogP contribution in [0.2, 0.25) is 0 Å². The average molecular weight is 489 g/mol. The van der Waals surface area contributed by atoms with Crippen LogP contribution in [-0.4, -0.2) is 28.1 Å². The molecule has 1 atom stereocenters. The SMILES string of the molecule is CCc1cc2c(-c3ccccc3)cc(=O)oc2c2c1OC[NH+](Cc1cc(OC)c(OC)c(OC)c1)C2. The minimum absolute atomic E-state index is 0.371. The second-order valence-electron chi connectivity index (χ2n) is 8.84. The molecule has 0 bridgehead atoms. The second kappa shape index (κ2) is 9.95. The van der Waals surface area contributed by atoms with Gasteiger partial charge in [-0.25, -0.2) is 4.79 Å². The van der Waals surface area contributed by atoms with Crippen molar-refractivity contribution in [3.63, 3.8) is 0 Å². The van der Waals surface area contributed by atoms with Crippen molar-refractivity contribution in [1.29, 1.82) is 0 Å². The summed E-state index contributed by atoms with van der Waals surface area (Å²) < 4.78 is 28.6. The van der Waals surface area contributed by atoms with Crippen molar-refractivity contribution in [3.05, 3.63) is 81.7 Å². The first-order chi connectivity index (χ1) is 17.6. The summed E-state index contributed by atoms with van der Waals surface area (Å²) in [5.41, 5.74) is 5.13. The largest absolute Gasteiger partial charge is 0.493 e. The number of hydrogen-bond acceptors (Lipinski definition) is 6. The Labute approximate surface area is 209 Å². The van der Waals surface area contributed by atoms with Gasteiger partial charge in [-0.05, 0) is 41.3 Å². The van der Waals surface area contributed by atoms with E-state index in [0.29, 0.717) is 42.7 Å². The second-order valence-corrected chi connectivity index (χ2v) is 8.84. The molecule has 1 unspecified atom stereocenters. The van der Waals surface area contributed by atoms with Gasteiger partial charge in [0, 0.05) is 17.0 Å². The Morgan fingerprint density at radius 1 is 0.944 bits per heavy atom. The van der Waals surface area contributed by atoms with Gasteiger partial charge in [0.05, 0.1) is 26.9 Å². The molecular formula is C29H30NO6+. The van der Waals surface area contributed by atoms with E-state index >= 15 is 0 Å². The standard InChI is InChI=1S/C29H29NO6/c1-5-19-13-22-21(20-9-7-6-8-10-20)14-26(31)36-28(22)23-16-30(17-35-27(19)23)15-18-11-24(32-2)29(34-4)25(12-18)33-3/h6-14H,5,15-17H2,1-4H3/p+1. The van der Waals surface area contributed by atoms with Crippen molar-refractivity contribution in [2.45, 2.75) is 26.4 Å². The maximum Gasteiger partial charge on any atom is 0.336 e. The zero-order chi connectivity index (χ0) is 25.2. The van der Waals surface area contributed by atoms with Gasteiger partial charge >= 0.3 is 5.63 Å². The van der Waals surface area contributed by atoms with Crippen LogP contribution in [0.3, 0.4) is 0 Å². The summed E-state index contributed by atoms with van der Waals surface area (Å²) in [4.78, 5) is 13.8. The number of quaternary nitrogens is 1. The summed E-state index contributed by atoms with van der Waals surface area (Å²) in [6.07, 6.45) is 0.813. The van der Waals surface area contributed by atoms with Crippen molar-refractivity contribution in [2.75, 3.05) is 28.1 Å². The Hall–Kier alpha value is -3.97. The van der Waals surface area contributed by atoms with Crippen molar-refractivity contribution < 1.29 is 28.3 Å². The maximum absolute atomic E-state index is 12.6. The van der Waals surface area contributed by atoms with Crippen LogP contribution >= 0.6 is 0 Å². The topological polar surface area (TPSA) is 71.6 Å². The Balaban J connectivity index is 1.58. The van der Waals surface area contributed by atoms with Crippen LogP contribution < -0.4 is 29.5 Å². The molecule has 1 aromatic heterocycles. The summed E-state index contributed by atoms with van der Waals surface area (Å²) in [6, 6.07) is 17.5. The van der Waals surface area contributed by atoms with E-state index in [1.807, 2.05) is 42.5 Å². The molecule has 5 rings (SSSR count). The van der Waals surface area contributed by atoms with Gasteiger partial charge in [0.15, 0.2) is 17.1 Å². The molecule has 0 spiro atoms. The molecule has 1 aliphatic heterocycles. The van der Waals surface area contributed by atoms with Crippen LogP contribution in [0.15, 0.2) is 63.8 Å². The molecule has 4 aromatic rings. The summed E-state index contributed by atoms with van der Waals surface area (Å²) >= 11 is 0. The summed E-state index contributed by atoms with van der Waals surface area (Å²) in [6.45, 7) is 3.92. The van der Waals surface area contributed by atoms with Crippen LogP contribution in [0.5, 0.6) is 23.0 Å². The Bertz CT molecular complexity index is 1440. The molecule has 36 heavy (non-hydrogen) atoms. The first kappa shape index (κ1) is 23.8. The summed E-state index contributed by atoms with van der Waals surface area (Å²) in [5, 5.41) is 0.925. The van der Waals surface area contributed by atoms with Crippen molar-refractivity contribution >= 4 is 11.0 Å². The monoisotopic (exact) mass is 488 g/mol. The molecule has 0 aliphatic carbocycles. The fourth-order valence-corrected chi connectivity index (χ4v) is 4.98. The van der Waals surface area contributed by atoms with E-state index in [2.05, 4.69) is 13.0 Å². The van der Waals surface area contributed by atoms with Gasteiger partial charge in [-0.1, -0.05) is 37.3 Å². The first-order valence-electron chi connectivity index (χ1n) is 12.0. The summed E-state index contributed by atoms with van der Waals surface area (Å²) in [7, 11) is 4.81. The molecule has 7 heteroatoms. The van der Waals surface area contributed by atoms with E-state index in [9.17, 15) is 4.79 Å². The smallest absolute Gasteiger partial charge is 0.336 e. The third-order valence-electron chi connectivity index (χ3n) is 6.65. The molecule has 1 aliphatic rings. The lowest BCUT2D eigenvalue weighted by Gasteiger charge is -2.28. The van der Waals surface area contributed by atoms with Gasteiger partial charge in [0.25, 0.3) is 0 Å². The number of benzene rings is 3. The van der Waals surface area contributed by atoms with E-state index in [1.165, 1.54) is 4.90 Å². The highest BCUT2D eigenvalue weighted by Gasteiger charge is 2.28. The molecule has 0 amide bonds. The fraction of sp³-hybridized carbons (Fsp3) is 0.276. The lowest BCUT2D eigenvalue weighted by atomic mass is 9.95. The number of hydrogen-bond donors (Lipinski definition) is 1. The molecule has 3 aromatic carbocycles. The highest BCUT2D eigenvalue weighted by atomic mass is 16.5. The van der Waals surface area contributed by atoms with E-state index in [-0.39, 0.29) is 5.63 Å². The van der Waals surface area contributed by atoms with Crippen molar-refractivity contribution in [1.82, 2.24) is 0 Å². The van der Waals surface area contributed by atoms with Crippen LogP contribution in [-0.2, 0) is 19.5 Å². The van der Waals surface area contributed by atoms with Crippen LogP contribution in [0.1, 0.15) is 23.6 Å². The lowest BCUT2D eigenvalue weighted by Crippen LogP contribution is -3.10. The Kier molecular flexibility index (Phi) is 6.57. The van der Waals surface area contributed by atoms with Crippen LogP contribution in [0, 0.1) is 0 Å². The fourth-order valence-electron chi connectivity index (χ4n) is 4.98. The first-order valence-corrected chi connectivity index (χ1v) is 12.0. The van der Waals surface area contributed by atoms with Crippen LogP contribution in [0.4, 0.5) is 0 Å².